The van der Waals surface area contributed by atoms with E-state index in [9.17, 15) is 8.42 Å². The topological polar surface area (TPSA) is 92.8 Å². The number of methoxy groups -OCH3 is 1. The molecule has 0 N–H and O–H groups in total. The van der Waals surface area contributed by atoms with Crippen molar-refractivity contribution in [3.8, 4) is 17.6 Å². The summed E-state index contributed by atoms with van der Waals surface area (Å²) < 4.78 is 41.0. The normalized spacial score (nSPS) is 11.3. The van der Waals surface area contributed by atoms with Crippen molar-refractivity contribution < 1.29 is 22.3 Å². The summed E-state index contributed by atoms with van der Waals surface area (Å²) in [6.45, 7) is 0.0329. The molecule has 122 valence electrons. The minimum atomic E-state index is -3.61. The van der Waals surface area contributed by atoms with E-state index in [0.717, 1.165) is 4.31 Å². The second-order valence-electron chi connectivity index (χ2n) is 4.77. The minimum absolute atomic E-state index is 0.0329. The van der Waals surface area contributed by atoms with Crippen LogP contribution in [0.15, 0.2) is 39.8 Å². The Kier molecular flexibility index (Phi) is 4.93. The summed E-state index contributed by atoms with van der Waals surface area (Å²) >= 11 is 0. The highest BCUT2D eigenvalue weighted by molar-refractivity contribution is 7.88. The number of furan rings is 1. The van der Waals surface area contributed by atoms with E-state index in [2.05, 4.69) is 0 Å². The fraction of sp³-hybridized carbons (Fsp3) is 0.267. The van der Waals surface area contributed by atoms with Gasteiger partial charge in [-0.05, 0) is 24.3 Å². The molecule has 0 bridgehead atoms. The standard InChI is InChI=1S/C15H16N2O5S/c1-17(2)23(18,19)15-7-5-12(22-15)10-21-13-6-4-11(9-16)8-14(13)20-3/h4-8H,10H2,1-3H3. The molecule has 1 aromatic carbocycles. The van der Waals surface area contributed by atoms with Gasteiger partial charge >= 0.3 is 0 Å². The minimum Gasteiger partial charge on any atom is -0.493 e. The molecule has 0 aliphatic rings. The highest BCUT2D eigenvalue weighted by atomic mass is 32.2. The Labute approximate surface area is 134 Å². The molecule has 1 aromatic heterocycles. The molecule has 1 heterocycles. The molecule has 7 nitrogen and oxygen atoms in total. The third-order valence-electron chi connectivity index (χ3n) is 3.03. The van der Waals surface area contributed by atoms with Gasteiger partial charge in [0.2, 0.25) is 5.09 Å². The Balaban J connectivity index is 2.14. The zero-order chi connectivity index (χ0) is 17.0. The highest BCUT2D eigenvalue weighted by Crippen LogP contribution is 2.29. The van der Waals surface area contributed by atoms with Crippen LogP contribution in [0.1, 0.15) is 11.3 Å². The van der Waals surface area contributed by atoms with Crippen LogP contribution in [0.3, 0.4) is 0 Å². The van der Waals surface area contributed by atoms with Gasteiger partial charge in [0.25, 0.3) is 10.0 Å². The molecule has 0 saturated heterocycles. The van der Waals surface area contributed by atoms with Gasteiger partial charge in [-0.25, -0.2) is 12.7 Å². The molecule has 0 saturated carbocycles. The molecule has 0 amide bonds. The zero-order valence-corrected chi connectivity index (χ0v) is 13.8. The van der Waals surface area contributed by atoms with E-state index < -0.39 is 10.0 Å². The number of ether oxygens (including phenoxy) is 2. The number of rotatable bonds is 6. The average molecular weight is 336 g/mol. The summed E-state index contributed by atoms with van der Waals surface area (Å²) in [6, 6.07) is 9.68. The maximum Gasteiger partial charge on any atom is 0.275 e. The molecule has 0 aliphatic carbocycles. The van der Waals surface area contributed by atoms with Crippen LogP contribution in [0, 0.1) is 11.3 Å². The van der Waals surface area contributed by atoms with Crippen LogP contribution in [0.5, 0.6) is 11.5 Å². The monoisotopic (exact) mass is 336 g/mol. The van der Waals surface area contributed by atoms with Crippen LogP contribution in [0.2, 0.25) is 0 Å². The van der Waals surface area contributed by atoms with E-state index in [1.54, 1.807) is 18.2 Å². The number of sulfonamides is 1. The number of nitriles is 1. The number of hydrogen-bond donors (Lipinski definition) is 0. The molecule has 0 spiro atoms. The largest absolute Gasteiger partial charge is 0.493 e. The van der Waals surface area contributed by atoms with Crippen LogP contribution in [0.25, 0.3) is 0 Å². The molecule has 0 unspecified atom stereocenters. The van der Waals surface area contributed by atoms with Crippen molar-refractivity contribution in [2.45, 2.75) is 11.7 Å². The van der Waals surface area contributed by atoms with Crippen molar-refractivity contribution in [2.24, 2.45) is 0 Å². The summed E-state index contributed by atoms with van der Waals surface area (Å²) in [7, 11) is 0.712. The Morgan fingerprint density at radius 3 is 2.57 bits per heavy atom. The quantitative estimate of drug-likeness (QED) is 0.801. The lowest BCUT2D eigenvalue weighted by atomic mass is 10.2. The van der Waals surface area contributed by atoms with Gasteiger partial charge in [0.05, 0.1) is 18.7 Å². The van der Waals surface area contributed by atoms with E-state index in [0.29, 0.717) is 22.8 Å². The van der Waals surface area contributed by atoms with Crippen molar-refractivity contribution in [3.63, 3.8) is 0 Å². The Hall–Kier alpha value is -2.50. The van der Waals surface area contributed by atoms with Crippen LogP contribution in [0.4, 0.5) is 0 Å². The third-order valence-corrected chi connectivity index (χ3v) is 4.72. The maximum absolute atomic E-state index is 11.9. The zero-order valence-electron chi connectivity index (χ0n) is 12.9. The van der Waals surface area contributed by atoms with Crippen LogP contribution in [-0.2, 0) is 16.6 Å². The molecule has 2 aromatic rings. The van der Waals surface area contributed by atoms with Gasteiger partial charge in [-0.3, -0.25) is 0 Å². The van der Waals surface area contributed by atoms with Gasteiger partial charge in [-0.1, -0.05) is 0 Å². The van der Waals surface area contributed by atoms with Crippen LogP contribution < -0.4 is 9.47 Å². The van der Waals surface area contributed by atoms with E-state index in [-0.39, 0.29) is 11.7 Å². The molecular formula is C15H16N2O5S. The van der Waals surface area contributed by atoms with Gasteiger partial charge < -0.3 is 13.9 Å². The maximum atomic E-state index is 11.9. The van der Waals surface area contributed by atoms with E-state index in [4.69, 9.17) is 19.2 Å². The first-order chi connectivity index (χ1) is 10.9. The van der Waals surface area contributed by atoms with Crippen LogP contribution in [-0.4, -0.2) is 33.9 Å². The van der Waals surface area contributed by atoms with Crippen molar-refractivity contribution in [1.82, 2.24) is 4.31 Å². The lowest BCUT2D eigenvalue weighted by molar-refractivity contribution is 0.245. The summed E-state index contributed by atoms with van der Waals surface area (Å²) in [5.74, 6) is 1.20. The smallest absolute Gasteiger partial charge is 0.275 e. The predicted molar refractivity (Wildman–Crippen MR) is 81.6 cm³/mol. The van der Waals surface area contributed by atoms with Gasteiger partial charge in [0.15, 0.2) is 11.5 Å². The summed E-state index contributed by atoms with van der Waals surface area (Å²) in [6.07, 6.45) is 0. The first-order valence-electron chi connectivity index (χ1n) is 6.60. The molecule has 2 rings (SSSR count). The molecule has 0 atom stereocenters. The van der Waals surface area contributed by atoms with Gasteiger partial charge in [0.1, 0.15) is 12.4 Å². The summed E-state index contributed by atoms with van der Waals surface area (Å²) in [4.78, 5) is 0. The van der Waals surface area contributed by atoms with Crippen molar-refractivity contribution in [1.29, 1.82) is 5.26 Å². The second kappa shape index (κ2) is 6.73. The van der Waals surface area contributed by atoms with E-state index in [1.165, 1.54) is 33.3 Å². The third kappa shape index (κ3) is 3.64. The van der Waals surface area contributed by atoms with E-state index >= 15 is 0 Å². The Morgan fingerprint density at radius 1 is 1.22 bits per heavy atom. The highest BCUT2D eigenvalue weighted by Gasteiger charge is 2.21. The lowest BCUT2D eigenvalue weighted by Gasteiger charge is -2.10. The van der Waals surface area contributed by atoms with Gasteiger partial charge in [0, 0.05) is 20.2 Å². The molecular weight excluding hydrogens is 320 g/mol. The first-order valence-corrected chi connectivity index (χ1v) is 8.04. The van der Waals surface area contributed by atoms with Crippen molar-refractivity contribution in [2.75, 3.05) is 21.2 Å². The number of benzene rings is 1. The first kappa shape index (κ1) is 16.9. The number of nitrogens with zero attached hydrogens (tertiary/aromatic N) is 2. The van der Waals surface area contributed by atoms with Crippen molar-refractivity contribution in [3.05, 3.63) is 41.7 Å². The summed E-state index contributed by atoms with van der Waals surface area (Å²) in [5, 5.41) is 8.71. The summed E-state index contributed by atoms with van der Waals surface area (Å²) in [5.41, 5.74) is 0.451. The molecule has 0 fully saturated rings. The molecule has 0 radical (unpaired) electrons. The molecule has 23 heavy (non-hydrogen) atoms. The van der Waals surface area contributed by atoms with Crippen LogP contribution >= 0.6 is 0 Å². The Bertz CT molecular complexity index is 834. The fourth-order valence-corrected chi connectivity index (χ4v) is 2.57. The molecule has 0 aliphatic heterocycles. The SMILES string of the molecule is COc1cc(C#N)ccc1OCc1ccc(S(=O)(=O)N(C)C)o1. The fourth-order valence-electron chi connectivity index (χ4n) is 1.76. The van der Waals surface area contributed by atoms with Crippen molar-refractivity contribution >= 4 is 10.0 Å². The second-order valence-corrected chi connectivity index (χ2v) is 6.86. The van der Waals surface area contributed by atoms with E-state index in [1.807, 2.05) is 6.07 Å². The number of hydrogen-bond acceptors (Lipinski definition) is 6. The average Bonchev–Trinajstić information content (AvgIpc) is 3.02. The lowest BCUT2D eigenvalue weighted by Crippen LogP contribution is -2.21. The van der Waals surface area contributed by atoms with Gasteiger partial charge in [-0.15, -0.1) is 0 Å². The van der Waals surface area contributed by atoms with Gasteiger partial charge in [-0.2, -0.15) is 5.26 Å². The molecule has 8 heteroatoms. The Morgan fingerprint density at radius 2 is 1.96 bits per heavy atom. The predicted octanol–water partition coefficient (Wildman–Crippen LogP) is 1.99.